The number of rotatable bonds is 4. The molecule has 0 atom stereocenters. The summed E-state index contributed by atoms with van der Waals surface area (Å²) in [5, 5.41) is 12.2. The van der Waals surface area contributed by atoms with Gasteiger partial charge in [-0.3, -0.25) is 0 Å². The molecule has 2 heterocycles. The lowest BCUT2D eigenvalue weighted by Gasteiger charge is -2.22. The Morgan fingerprint density at radius 1 is 1.47 bits per heavy atom. The van der Waals surface area contributed by atoms with E-state index < -0.39 is 0 Å². The van der Waals surface area contributed by atoms with Crippen molar-refractivity contribution in [2.24, 2.45) is 5.92 Å². The number of pyridine rings is 1. The van der Waals surface area contributed by atoms with Crippen molar-refractivity contribution < 1.29 is 4.74 Å². The van der Waals surface area contributed by atoms with Gasteiger partial charge < -0.3 is 10.1 Å². The number of hydrogen-bond acceptors (Lipinski definition) is 4. The summed E-state index contributed by atoms with van der Waals surface area (Å²) in [5.41, 5.74) is 1.60. The Morgan fingerprint density at radius 3 is 3.06 bits per heavy atom. The smallest absolute Gasteiger partial charge is 0.140 e. The molecule has 0 saturated carbocycles. The van der Waals surface area contributed by atoms with Crippen LogP contribution in [0.2, 0.25) is 0 Å². The van der Waals surface area contributed by atoms with Gasteiger partial charge in [0.05, 0.1) is 0 Å². The van der Waals surface area contributed by atoms with Gasteiger partial charge in [-0.2, -0.15) is 5.26 Å². The van der Waals surface area contributed by atoms with Crippen molar-refractivity contribution in [2.75, 3.05) is 19.8 Å². The standard InChI is InChI=1S/C13H17N3O/c14-8-13-7-12(1-4-16-13)10-15-9-11-2-5-17-6-3-11/h1,4,7,11,15H,2-3,5-6,9-10H2. The Hall–Kier alpha value is -1.44. The van der Waals surface area contributed by atoms with Crippen LogP contribution in [-0.4, -0.2) is 24.7 Å². The highest BCUT2D eigenvalue weighted by atomic mass is 16.5. The third kappa shape index (κ3) is 3.81. The summed E-state index contributed by atoms with van der Waals surface area (Å²) in [6.45, 7) is 3.60. The lowest BCUT2D eigenvalue weighted by molar-refractivity contribution is 0.0662. The van der Waals surface area contributed by atoms with Crippen LogP contribution >= 0.6 is 0 Å². The summed E-state index contributed by atoms with van der Waals surface area (Å²) in [6, 6.07) is 5.82. The van der Waals surface area contributed by atoms with Gasteiger partial charge in [0.1, 0.15) is 11.8 Å². The third-order valence-electron chi connectivity index (χ3n) is 3.04. The maximum Gasteiger partial charge on any atom is 0.140 e. The fourth-order valence-electron chi connectivity index (χ4n) is 2.02. The number of ether oxygens (including phenoxy) is 1. The SMILES string of the molecule is N#Cc1cc(CNCC2CCOCC2)ccn1. The minimum absolute atomic E-state index is 0.482. The quantitative estimate of drug-likeness (QED) is 0.852. The molecule has 1 aliphatic heterocycles. The second kappa shape index (κ2) is 6.33. The van der Waals surface area contributed by atoms with Crippen LogP contribution in [0.3, 0.4) is 0 Å². The van der Waals surface area contributed by atoms with E-state index >= 15 is 0 Å². The molecule has 0 amide bonds. The third-order valence-corrected chi connectivity index (χ3v) is 3.04. The minimum atomic E-state index is 0.482. The van der Waals surface area contributed by atoms with Gasteiger partial charge in [-0.05, 0) is 43.0 Å². The molecule has 1 aliphatic rings. The van der Waals surface area contributed by atoms with Crippen LogP contribution in [0, 0.1) is 17.2 Å². The molecule has 0 aromatic carbocycles. The molecule has 1 aromatic heterocycles. The monoisotopic (exact) mass is 231 g/mol. The molecule has 0 spiro atoms. The lowest BCUT2D eigenvalue weighted by Crippen LogP contribution is -2.27. The first kappa shape index (κ1) is 12.0. The fourth-order valence-corrected chi connectivity index (χ4v) is 2.02. The molecule has 0 radical (unpaired) electrons. The fraction of sp³-hybridized carbons (Fsp3) is 0.538. The van der Waals surface area contributed by atoms with E-state index in [1.54, 1.807) is 6.20 Å². The van der Waals surface area contributed by atoms with Gasteiger partial charge in [-0.25, -0.2) is 4.98 Å². The van der Waals surface area contributed by atoms with Crippen molar-refractivity contribution in [3.05, 3.63) is 29.6 Å². The van der Waals surface area contributed by atoms with Crippen LogP contribution < -0.4 is 5.32 Å². The molecule has 0 bridgehead atoms. The minimum Gasteiger partial charge on any atom is -0.381 e. The van der Waals surface area contributed by atoms with E-state index in [2.05, 4.69) is 16.4 Å². The van der Waals surface area contributed by atoms with E-state index in [-0.39, 0.29) is 0 Å². The van der Waals surface area contributed by atoms with E-state index in [1.807, 2.05) is 12.1 Å². The Labute approximate surface area is 102 Å². The Bertz CT molecular complexity index is 394. The van der Waals surface area contributed by atoms with Crippen LogP contribution in [0.15, 0.2) is 18.3 Å². The summed E-state index contributed by atoms with van der Waals surface area (Å²) >= 11 is 0. The number of nitrogens with zero attached hydrogens (tertiary/aromatic N) is 2. The van der Waals surface area contributed by atoms with E-state index in [9.17, 15) is 0 Å². The molecule has 0 unspecified atom stereocenters. The zero-order valence-corrected chi connectivity index (χ0v) is 9.85. The highest BCUT2D eigenvalue weighted by molar-refractivity contribution is 5.25. The number of hydrogen-bond donors (Lipinski definition) is 1. The van der Waals surface area contributed by atoms with E-state index in [4.69, 9.17) is 10.00 Å². The first-order valence-electron chi connectivity index (χ1n) is 6.02. The second-order valence-electron chi connectivity index (χ2n) is 4.35. The number of nitriles is 1. The summed E-state index contributed by atoms with van der Waals surface area (Å²) in [6.07, 6.45) is 3.98. The Morgan fingerprint density at radius 2 is 2.29 bits per heavy atom. The van der Waals surface area contributed by atoms with Gasteiger partial charge in [0.2, 0.25) is 0 Å². The molecule has 1 fully saturated rings. The molecule has 4 heteroatoms. The topological polar surface area (TPSA) is 57.9 Å². The van der Waals surface area contributed by atoms with Crippen LogP contribution in [0.4, 0.5) is 0 Å². The summed E-state index contributed by atoms with van der Waals surface area (Å²) in [7, 11) is 0. The molecule has 0 aliphatic carbocycles. The number of nitrogens with one attached hydrogen (secondary N) is 1. The van der Waals surface area contributed by atoms with Crippen molar-refractivity contribution in [1.82, 2.24) is 10.3 Å². The highest BCUT2D eigenvalue weighted by Crippen LogP contribution is 2.13. The summed E-state index contributed by atoms with van der Waals surface area (Å²) in [5.74, 6) is 0.723. The summed E-state index contributed by atoms with van der Waals surface area (Å²) in [4.78, 5) is 3.95. The van der Waals surface area contributed by atoms with Crippen molar-refractivity contribution >= 4 is 0 Å². The predicted octanol–water partition coefficient (Wildman–Crippen LogP) is 1.47. The predicted molar refractivity (Wildman–Crippen MR) is 64.2 cm³/mol. The van der Waals surface area contributed by atoms with Crippen molar-refractivity contribution in [2.45, 2.75) is 19.4 Å². The van der Waals surface area contributed by atoms with Gasteiger partial charge >= 0.3 is 0 Å². The molecule has 4 nitrogen and oxygen atoms in total. The van der Waals surface area contributed by atoms with Gasteiger partial charge in [0.15, 0.2) is 0 Å². The molecular weight excluding hydrogens is 214 g/mol. The van der Waals surface area contributed by atoms with Crippen LogP contribution in [0.25, 0.3) is 0 Å². The molecule has 1 saturated heterocycles. The van der Waals surface area contributed by atoms with Gasteiger partial charge in [0, 0.05) is 26.0 Å². The zero-order valence-electron chi connectivity index (χ0n) is 9.85. The normalized spacial score (nSPS) is 16.6. The van der Waals surface area contributed by atoms with Crippen LogP contribution in [0.1, 0.15) is 24.1 Å². The first-order chi connectivity index (χ1) is 8.38. The van der Waals surface area contributed by atoms with Crippen LogP contribution in [0.5, 0.6) is 0 Å². The van der Waals surface area contributed by atoms with Gasteiger partial charge in [0.25, 0.3) is 0 Å². The maximum absolute atomic E-state index is 8.74. The van der Waals surface area contributed by atoms with Crippen LogP contribution in [-0.2, 0) is 11.3 Å². The van der Waals surface area contributed by atoms with Gasteiger partial charge in [-0.1, -0.05) is 0 Å². The lowest BCUT2D eigenvalue weighted by atomic mass is 10.0. The van der Waals surface area contributed by atoms with E-state index in [0.717, 1.165) is 50.6 Å². The zero-order chi connectivity index (χ0) is 11.9. The number of aromatic nitrogens is 1. The maximum atomic E-state index is 8.74. The molecular formula is C13H17N3O. The highest BCUT2D eigenvalue weighted by Gasteiger charge is 2.12. The molecule has 90 valence electrons. The van der Waals surface area contributed by atoms with Gasteiger partial charge in [-0.15, -0.1) is 0 Å². The Balaban J connectivity index is 1.75. The largest absolute Gasteiger partial charge is 0.381 e. The first-order valence-corrected chi connectivity index (χ1v) is 6.02. The van der Waals surface area contributed by atoms with E-state index in [1.165, 1.54) is 0 Å². The van der Waals surface area contributed by atoms with Crippen molar-refractivity contribution in [3.8, 4) is 6.07 Å². The molecule has 1 aromatic rings. The average Bonchev–Trinajstić information content (AvgIpc) is 2.40. The molecule has 1 N–H and O–H groups in total. The average molecular weight is 231 g/mol. The van der Waals surface area contributed by atoms with Crippen molar-refractivity contribution in [1.29, 1.82) is 5.26 Å². The molecule has 2 rings (SSSR count). The second-order valence-corrected chi connectivity index (χ2v) is 4.35. The van der Waals surface area contributed by atoms with Crippen molar-refractivity contribution in [3.63, 3.8) is 0 Å². The molecule has 17 heavy (non-hydrogen) atoms. The Kier molecular flexibility index (Phi) is 4.48. The summed E-state index contributed by atoms with van der Waals surface area (Å²) < 4.78 is 5.32. The van der Waals surface area contributed by atoms with E-state index in [0.29, 0.717) is 5.69 Å².